The molecule has 108 valence electrons. The first-order valence-electron chi connectivity index (χ1n) is 6.89. The van der Waals surface area contributed by atoms with E-state index in [4.69, 9.17) is 0 Å². The Hall–Kier alpha value is -1.74. The first-order valence-corrected chi connectivity index (χ1v) is 8.89. The number of hydrogen-bond donors (Lipinski definition) is 0. The second kappa shape index (κ2) is 6.81. The van der Waals surface area contributed by atoms with Crippen LogP contribution in [-0.4, -0.2) is 9.52 Å². The van der Waals surface area contributed by atoms with Gasteiger partial charge in [0.1, 0.15) is 11.6 Å². The molecular weight excluding hydrogens is 282 g/mol. The Morgan fingerprint density at radius 2 is 1.62 bits per heavy atom. The minimum atomic E-state index is -0.540. The molecule has 1 aliphatic rings. The van der Waals surface area contributed by atoms with Crippen LogP contribution in [0.15, 0.2) is 42.0 Å². The van der Waals surface area contributed by atoms with Crippen LogP contribution < -0.4 is 0 Å². The number of allylic oxidation sites excluding steroid dienone is 1. The predicted octanol–water partition coefficient (Wildman–Crippen LogP) is 5.38. The van der Waals surface area contributed by atoms with Crippen molar-refractivity contribution in [2.24, 2.45) is 0 Å². The summed E-state index contributed by atoms with van der Waals surface area (Å²) in [7, 11) is 1.08. The molecule has 0 saturated heterocycles. The average Bonchev–Trinajstić information content (AvgIpc) is 2.78. The van der Waals surface area contributed by atoms with E-state index in [9.17, 15) is 8.78 Å². The molecule has 1 aliphatic carbocycles. The summed E-state index contributed by atoms with van der Waals surface area (Å²) in [5, 5.41) is 0. The monoisotopic (exact) mass is 300 g/mol. The van der Waals surface area contributed by atoms with Crippen molar-refractivity contribution in [2.45, 2.75) is 26.4 Å². The molecule has 0 bridgehead atoms. The van der Waals surface area contributed by atoms with Gasteiger partial charge in [0.05, 0.1) is 0 Å². The minimum Gasteiger partial charge on any atom is -0.207 e. The fraction of sp³-hybridized carbons (Fsp3) is 0.222. The molecule has 0 amide bonds. The molecule has 21 heavy (non-hydrogen) atoms. The number of hydrogen-bond acceptors (Lipinski definition) is 0. The van der Waals surface area contributed by atoms with Crippen molar-refractivity contribution >= 4 is 15.6 Å². The second-order valence-corrected chi connectivity index (χ2v) is 6.20. The van der Waals surface area contributed by atoms with Gasteiger partial charge in [-0.25, -0.2) is 8.78 Å². The van der Waals surface area contributed by atoms with Crippen LogP contribution in [-0.2, 0) is 6.42 Å². The van der Waals surface area contributed by atoms with Gasteiger partial charge in [-0.1, -0.05) is 42.9 Å². The van der Waals surface area contributed by atoms with Gasteiger partial charge in [-0.05, 0) is 47.7 Å². The van der Waals surface area contributed by atoms with Crippen LogP contribution >= 0.6 is 0 Å². The Balaban J connectivity index is 0.000000497. The van der Waals surface area contributed by atoms with Crippen molar-refractivity contribution < 1.29 is 8.78 Å². The quantitative estimate of drug-likeness (QED) is 0.620. The van der Waals surface area contributed by atoms with Gasteiger partial charge in [0.15, 0.2) is 0 Å². The van der Waals surface area contributed by atoms with Crippen molar-refractivity contribution in [1.82, 2.24) is 0 Å². The second-order valence-electron chi connectivity index (χ2n) is 5.20. The lowest BCUT2D eigenvalue weighted by atomic mass is 9.97. The SMILES string of the molecule is CC1=Cc2c(cccc2-c2cc(F)cc(F)c2)C1.C[Si]C. The topological polar surface area (TPSA) is 0 Å². The number of benzene rings is 2. The highest BCUT2D eigenvalue weighted by atomic mass is 28.2. The van der Waals surface area contributed by atoms with Crippen LogP contribution in [0.4, 0.5) is 8.78 Å². The van der Waals surface area contributed by atoms with E-state index in [1.54, 1.807) is 0 Å². The Labute approximate surface area is 127 Å². The first-order chi connectivity index (χ1) is 10.0. The average molecular weight is 300 g/mol. The van der Waals surface area contributed by atoms with E-state index >= 15 is 0 Å². The summed E-state index contributed by atoms with van der Waals surface area (Å²) >= 11 is 0. The van der Waals surface area contributed by atoms with Gasteiger partial charge in [0.2, 0.25) is 0 Å². The number of halogens is 2. The van der Waals surface area contributed by atoms with Crippen molar-refractivity contribution in [3.05, 3.63) is 64.7 Å². The van der Waals surface area contributed by atoms with Gasteiger partial charge in [-0.15, -0.1) is 0 Å². The normalized spacial score (nSPS) is 12.3. The first kappa shape index (κ1) is 15.6. The summed E-state index contributed by atoms with van der Waals surface area (Å²) in [6.07, 6.45) is 3.01. The summed E-state index contributed by atoms with van der Waals surface area (Å²) in [6.45, 7) is 6.37. The standard InChI is InChI=1S/C16H12F2.C2H6Si/c1-10-5-11-3-2-4-15(16(11)6-10)12-7-13(17)9-14(18)8-12;1-3-2/h2-4,6-9H,5H2,1H3;1-2H3. The van der Waals surface area contributed by atoms with Gasteiger partial charge in [0.25, 0.3) is 0 Å². The van der Waals surface area contributed by atoms with E-state index in [1.165, 1.54) is 23.3 Å². The molecule has 0 spiro atoms. The Morgan fingerprint density at radius 3 is 2.24 bits per heavy atom. The predicted molar refractivity (Wildman–Crippen MR) is 86.6 cm³/mol. The molecule has 0 atom stereocenters. The molecule has 2 radical (unpaired) electrons. The molecule has 3 heteroatoms. The lowest BCUT2D eigenvalue weighted by Crippen LogP contribution is -1.89. The summed E-state index contributed by atoms with van der Waals surface area (Å²) in [5.41, 5.74) is 5.06. The third kappa shape index (κ3) is 3.67. The zero-order valence-electron chi connectivity index (χ0n) is 12.5. The van der Waals surface area contributed by atoms with E-state index in [1.807, 2.05) is 12.1 Å². The molecule has 3 rings (SSSR count). The summed E-state index contributed by atoms with van der Waals surface area (Å²) in [4.78, 5) is 0. The van der Waals surface area contributed by atoms with Gasteiger partial charge in [-0.2, -0.15) is 0 Å². The van der Waals surface area contributed by atoms with Gasteiger partial charge < -0.3 is 0 Å². The third-order valence-corrected chi connectivity index (χ3v) is 3.23. The van der Waals surface area contributed by atoms with Crippen LogP contribution in [0.5, 0.6) is 0 Å². The summed E-state index contributed by atoms with van der Waals surface area (Å²) in [5.74, 6) is -1.08. The van der Waals surface area contributed by atoms with Gasteiger partial charge in [-0.3, -0.25) is 0 Å². The minimum absolute atomic E-state index is 0.540. The van der Waals surface area contributed by atoms with Crippen molar-refractivity contribution in [3.63, 3.8) is 0 Å². The molecule has 2 aromatic carbocycles. The zero-order valence-corrected chi connectivity index (χ0v) is 13.5. The smallest absolute Gasteiger partial charge is 0.126 e. The van der Waals surface area contributed by atoms with Crippen molar-refractivity contribution in [2.75, 3.05) is 0 Å². The van der Waals surface area contributed by atoms with E-state index in [0.29, 0.717) is 5.56 Å². The molecule has 2 aromatic rings. The lowest BCUT2D eigenvalue weighted by Gasteiger charge is -2.08. The molecule has 0 saturated carbocycles. The van der Waals surface area contributed by atoms with Crippen LogP contribution in [0.2, 0.25) is 13.1 Å². The third-order valence-electron chi connectivity index (χ3n) is 3.23. The maximum absolute atomic E-state index is 13.3. The molecule has 0 aromatic heterocycles. The maximum atomic E-state index is 13.3. The van der Waals surface area contributed by atoms with E-state index in [2.05, 4.69) is 32.2 Å². The fourth-order valence-electron chi connectivity index (χ4n) is 2.50. The molecule has 0 fully saturated rings. The zero-order chi connectivity index (χ0) is 15.4. The van der Waals surface area contributed by atoms with E-state index < -0.39 is 11.6 Å². The molecule has 0 N–H and O–H groups in total. The number of fused-ring (bicyclic) bond motifs is 1. The molecular formula is C18H18F2Si. The fourth-order valence-corrected chi connectivity index (χ4v) is 2.50. The van der Waals surface area contributed by atoms with Gasteiger partial charge >= 0.3 is 0 Å². The van der Waals surface area contributed by atoms with E-state index in [-0.39, 0.29) is 0 Å². The van der Waals surface area contributed by atoms with Crippen LogP contribution in [0.1, 0.15) is 18.1 Å². The largest absolute Gasteiger partial charge is 0.207 e. The molecule has 0 aliphatic heterocycles. The van der Waals surface area contributed by atoms with Crippen LogP contribution in [0.25, 0.3) is 17.2 Å². The highest BCUT2D eigenvalue weighted by molar-refractivity contribution is 6.31. The Kier molecular flexibility index (Phi) is 5.07. The molecule has 0 unspecified atom stereocenters. The highest BCUT2D eigenvalue weighted by Crippen LogP contribution is 2.34. The van der Waals surface area contributed by atoms with E-state index in [0.717, 1.165) is 33.1 Å². The maximum Gasteiger partial charge on any atom is 0.126 e. The summed E-state index contributed by atoms with van der Waals surface area (Å²) in [6, 6.07) is 9.54. The Bertz CT molecular complexity index is 655. The van der Waals surface area contributed by atoms with Crippen LogP contribution in [0.3, 0.4) is 0 Å². The molecule has 0 nitrogen and oxygen atoms in total. The van der Waals surface area contributed by atoms with Crippen LogP contribution in [0, 0.1) is 11.6 Å². The lowest BCUT2D eigenvalue weighted by molar-refractivity contribution is 0.584. The van der Waals surface area contributed by atoms with Crippen molar-refractivity contribution in [1.29, 1.82) is 0 Å². The van der Waals surface area contributed by atoms with Crippen molar-refractivity contribution in [3.8, 4) is 11.1 Å². The molecule has 0 heterocycles. The summed E-state index contributed by atoms with van der Waals surface area (Å²) < 4.78 is 26.6. The Morgan fingerprint density at radius 1 is 1.00 bits per heavy atom. The highest BCUT2D eigenvalue weighted by Gasteiger charge is 2.15. The van der Waals surface area contributed by atoms with Gasteiger partial charge in [0, 0.05) is 15.6 Å². The number of rotatable bonds is 1.